The van der Waals surface area contributed by atoms with Crippen molar-refractivity contribution < 1.29 is 4.39 Å². The molecule has 0 spiro atoms. The molecule has 0 unspecified atom stereocenters. The van der Waals surface area contributed by atoms with Crippen molar-refractivity contribution in [3.05, 3.63) is 75.5 Å². The molecule has 0 fully saturated rings. The molecule has 3 atom stereocenters. The lowest BCUT2D eigenvalue weighted by Crippen LogP contribution is -2.29. The van der Waals surface area contributed by atoms with Crippen LogP contribution in [0.3, 0.4) is 0 Å². The van der Waals surface area contributed by atoms with Crippen molar-refractivity contribution in [3.8, 4) is 0 Å². The molecule has 4 heteroatoms. The Balaban J connectivity index is 1.84. The van der Waals surface area contributed by atoms with Gasteiger partial charge in [0.1, 0.15) is 5.82 Å². The van der Waals surface area contributed by atoms with Gasteiger partial charge in [0.05, 0.1) is 16.8 Å². The highest BCUT2D eigenvalue weighted by Gasteiger charge is 2.39. The molecule has 0 radical (unpaired) electrons. The molecule has 112 valence electrons. The third-order valence-corrected chi connectivity index (χ3v) is 5.29. The molecule has 2 aromatic rings. The summed E-state index contributed by atoms with van der Waals surface area (Å²) < 4.78 is 13.2. The van der Waals surface area contributed by atoms with Crippen molar-refractivity contribution in [2.75, 3.05) is 5.32 Å². The van der Waals surface area contributed by atoms with Gasteiger partial charge in [-0.2, -0.15) is 0 Å². The van der Waals surface area contributed by atoms with Crippen LogP contribution in [0, 0.1) is 11.7 Å². The van der Waals surface area contributed by atoms with Gasteiger partial charge in [-0.3, -0.25) is 0 Å². The Labute approximate surface area is 138 Å². The lowest BCUT2D eigenvalue weighted by Gasteiger charge is -2.38. The highest BCUT2D eigenvalue weighted by atomic mass is 35.5. The number of rotatable bonds is 1. The summed E-state index contributed by atoms with van der Waals surface area (Å²) >= 11 is 12.8. The fourth-order valence-corrected chi connectivity index (χ4v) is 4.13. The van der Waals surface area contributed by atoms with E-state index < -0.39 is 0 Å². The topological polar surface area (TPSA) is 12.0 Å². The quantitative estimate of drug-likeness (QED) is 0.635. The molecular formula is C18H14Cl2FN. The summed E-state index contributed by atoms with van der Waals surface area (Å²) in [6, 6.07) is 10.5. The summed E-state index contributed by atoms with van der Waals surface area (Å²) in [5, 5.41) is 4.95. The zero-order chi connectivity index (χ0) is 15.3. The summed E-state index contributed by atoms with van der Waals surface area (Å²) in [6.45, 7) is 0. The Kier molecular flexibility index (Phi) is 3.39. The van der Waals surface area contributed by atoms with Crippen LogP contribution < -0.4 is 5.32 Å². The zero-order valence-corrected chi connectivity index (χ0v) is 13.2. The number of hydrogen-bond acceptors (Lipinski definition) is 1. The Morgan fingerprint density at radius 1 is 1.00 bits per heavy atom. The third-order valence-electron chi connectivity index (χ3n) is 4.64. The smallest absolute Gasteiger partial charge is 0.123 e. The van der Waals surface area contributed by atoms with Crippen molar-refractivity contribution >= 4 is 28.9 Å². The van der Waals surface area contributed by atoms with Gasteiger partial charge in [-0.05, 0) is 42.2 Å². The molecule has 0 bridgehead atoms. The first-order chi connectivity index (χ1) is 10.6. The maximum atomic E-state index is 13.2. The normalized spacial score (nSPS) is 25.5. The maximum Gasteiger partial charge on any atom is 0.123 e. The molecule has 2 aliphatic rings. The molecular weight excluding hydrogens is 320 g/mol. The van der Waals surface area contributed by atoms with E-state index in [0.29, 0.717) is 10.9 Å². The lowest BCUT2D eigenvalue weighted by molar-refractivity contribution is 0.425. The van der Waals surface area contributed by atoms with E-state index in [1.54, 1.807) is 0 Å². The van der Waals surface area contributed by atoms with E-state index in [0.717, 1.165) is 28.3 Å². The molecule has 22 heavy (non-hydrogen) atoms. The fraction of sp³-hybridized carbons (Fsp3) is 0.222. The average molecular weight is 334 g/mol. The Hall–Kier alpha value is -1.51. The van der Waals surface area contributed by atoms with Crippen LogP contribution in [0.25, 0.3) is 0 Å². The highest BCUT2D eigenvalue weighted by Crippen LogP contribution is 2.53. The van der Waals surface area contributed by atoms with Gasteiger partial charge in [0.25, 0.3) is 0 Å². The van der Waals surface area contributed by atoms with E-state index in [4.69, 9.17) is 23.2 Å². The molecule has 1 heterocycles. The summed E-state index contributed by atoms with van der Waals surface area (Å²) in [5.41, 5.74) is 3.05. The largest absolute Gasteiger partial charge is 0.376 e. The Bertz CT molecular complexity index is 754. The number of allylic oxidation sites excluding steroid dienone is 2. The van der Waals surface area contributed by atoms with Crippen LogP contribution >= 0.6 is 23.2 Å². The van der Waals surface area contributed by atoms with Crippen LogP contribution in [0.4, 0.5) is 10.1 Å². The van der Waals surface area contributed by atoms with Crippen LogP contribution in [-0.4, -0.2) is 0 Å². The van der Waals surface area contributed by atoms with Gasteiger partial charge in [-0.15, -0.1) is 0 Å². The standard InChI is InChI=1S/C18H14Cl2FN/c19-14-8-9-15(20)18-16(14)12-2-1-3-13(12)17(22-18)10-4-6-11(21)7-5-10/h1-2,4-9,12-13,17,22H,3H2/t12-,13+,17+/m1/s1. The van der Waals surface area contributed by atoms with Crippen LogP contribution in [0.2, 0.25) is 10.0 Å². The second-order valence-corrected chi connectivity index (χ2v) is 6.66. The first-order valence-corrected chi connectivity index (χ1v) is 8.07. The van der Waals surface area contributed by atoms with Crippen molar-refractivity contribution in [3.63, 3.8) is 0 Å². The molecule has 0 amide bonds. The van der Waals surface area contributed by atoms with Crippen LogP contribution in [0.5, 0.6) is 0 Å². The molecule has 0 aromatic heterocycles. The van der Waals surface area contributed by atoms with Crippen molar-refractivity contribution in [2.45, 2.75) is 18.4 Å². The monoisotopic (exact) mass is 333 g/mol. The first kappa shape index (κ1) is 14.1. The van der Waals surface area contributed by atoms with Crippen molar-refractivity contribution in [1.82, 2.24) is 0 Å². The average Bonchev–Trinajstić information content (AvgIpc) is 3.00. The Morgan fingerprint density at radius 3 is 2.50 bits per heavy atom. The summed E-state index contributed by atoms with van der Waals surface area (Å²) in [7, 11) is 0. The van der Waals surface area contributed by atoms with Gasteiger partial charge in [0, 0.05) is 16.5 Å². The summed E-state index contributed by atoms with van der Waals surface area (Å²) in [6.07, 6.45) is 5.38. The number of nitrogens with one attached hydrogen (secondary N) is 1. The number of hydrogen-bond donors (Lipinski definition) is 1. The maximum absolute atomic E-state index is 13.2. The second-order valence-electron chi connectivity index (χ2n) is 5.84. The number of halogens is 3. The van der Waals surface area contributed by atoms with Gasteiger partial charge in [0.2, 0.25) is 0 Å². The van der Waals surface area contributed by atoms with Crippen LogP contribution in [0.1, 0.15) is 29.5 Å². The van der Waals surface area contributed by atoms with Gasteiger partial charge < -0.3 is 5.32 Å². The predicted octanol–water partition coefficient (Wildman–Crippen LogP) is 5.96. The molecule has 2 aromatic carbocycles. The molecule has 1 aliphatic carbocycles. The Morgan fingerprint density at radius 2 is 1.73 bits per heavy atom. The first-order valence-electron chi connectivity index (χ1n) is 7.31. The van der Waals surface area contributed by atoms with Gasteiger partial charge in [-0.1, -0.05) is 47.5 Å². The van der Waals surface area contributed by atoms with Crippen LogP contribution in [-0.2, 0) is 0 Å². The fourth-order valence-electron chi connectivity index (χ4n) is 3.63. The molecule has 0 saturated heterocycles. The van der Waals surface area contributed by atoms with Gasteiger partial charge >= 0.3 is 0 Å². The zero-order valence-electron chi connectivity index (χ0n) is 11.7. The minimum absolute atomic E-state index is 0.101. The molecule has 4 rings (SSSR count). The van der Waals surface area contributed by atoms with Gasteiger partial charge in [0.15, 0.2) is 0 Å². The molecule has 1 N–H and O–H groups in total. The number of benzene rings is 2. The van der Waals surface area contributed by atoms with Crippen molar-refractivity contribution in [1.29, 1.82) is 0 Å². The van der Waals surface area contributed by atoms with E-state index in [1.807, 2.05) is 24.3 Å². The lowest BCUT2D eigenvalue weighted by atomic mass is 9.77. The second kappa shape index (κ2) is 5.29. The van der Waals surface area contributed by atoms with E-state index in [2.05, 4.69) is 17.5 Å². The van der Waals surface area contributed by atoms with E-state index >= 15 is 0 Å². The van der Waals surface area contributed by atoms with Crippen LogP contribution in [0.15, 0.2) is 48.6 Å². The predicted molar refractivity (Wildman–Crippen MR) is 89.2 cm³/mol. The number of fused-ring (bicyclic) bond motifs is 3. The molecule has 1 nitrogen and oxygen atoms in total. The highest BCUT2D eigenvalue weighted by molar-refractivity contribution is 6.36. The summed E-state index contributed by atoms with van der Waals surface area (Å²) in [5.74, 6) is 0.397. The SMILES string of the molecule is Fc1ccc([C@@H]2Nc3c(Cl)ccc(Cl)c3[C@@H]3C=CC[C@@H]32)cc1. The molecule has 0 saturated carbocycles. The minimum atomic E-state index is -0.220. The number of anilines is 1. The molecule has 1 aliphatic heterocycles. The third kappa shape index (κ3) is 2.13. The van der Waals surface area contributed by atoms with E-state index in [9.17, 15) is 4.39 Å². The minimum Gasteiger partial charge on any atom is -0.376 e. The van der Waals surface area contributed by atoms with E-state index in [-0.39, 0.29) is 17.8 Å². The van der Waals surface area contributed by atoms with Gasteiger partial charge in [-0.25, -0.2) is 4.39 Å². The van der Waals surface area contributed by atoms with Crippen molar-refractivity contribution in [2.24, 2.45) is 5.92 Å². The van der Waals surface area contributed by atoms with E-state index in [1.165, 1.54) is 12.1 Å². The summed E-state index contributed by atoms with van der Waals surface area (Å²) in [4.78, 5) is 0.